The first-order chi connectivity index (χ1) is 15.0. The molecule has 1 heterocycles. The summed E-state index contributed by atoms with van der Waals surface area (Å²) in [7, 11) is 0. The van der Waals surface area contributed by atoms with Crippen LogP contribution >= 0.6 is 0 Å². The Morgan fingerprint density at radius 1 is 1.19 bits per heavy atom. The number of benzene rings is 2. The van der Waals surface area contributed by atoms with E-state index in [4.69, 9.17) is 4.74 Å². The molecular weight excluding hydrogens is 403 g/mol. The maximum atomic E-state index is 13.4. The van der Waals surface area contributed by atoms with Gasteiger partial charge in [0.05, 0.1) is 24.2 Å². The fourth-order valence-corrected chi connectivity index (χ4v) is 3.72. The van der Waals surface area contributed by atoms with Crippen LogP contribution in [0.4, 0.5) is 15.8 Å². The number of ether oxygens (including phenoxy) is 1. The fraction of sp³-hybridized carbons (Fsp3) is 0.409. The molecule has 1 aliphatic carbocycles. The molecule has 2 aromatic rings. The molecule has 2 aliphatic rings. The van der Waals surface area contributed by atoms with Crippen LogP contribution < -0.4 is 10.6 Å². The van der Waals surface area contributed by atoms with Crippen molar-refractivity contribution in [1.29, 1.82) is 0 Å². The molecule has 1 atom stereocenters. The van der Waals surface area contributed by atoms with E-state index in [1.54, 1.807) is 24.3 Å². The molecule has 0 aromatic heterocycles. The number of anilines is 1. The van der Waals surface area contributed by atoms with E-state index < -0.39 is 4.92 Å². The highest BCUT2D eigenvalue weighted by Gasteiger charge is 2.27. The number of rotatable bonds is 8. The summed E-state index contributed by atoms with van der Waals surface area (Å²) < 4.78 is 18.8. The Morgan fingerprint density at radius 2 is 1.90 bits per heavy atom. The van der Waals surface area contributed by atoms with Gasteiger partial charge in [-0.2, -0.15) is 0 Å². The van der Waals surface area contributed by atoms with Crippen LogP contribution in [0.15, 0.2) is 42.5 Å². The van der Waals surface area contributed by atoms with Crippen LogP contribution in [-0.2, 0) is 4.74 Å². The topological polar surface area (TPSA) is 96.7 Å². The fourth-order valence-electron chi connectivity index (χ4n) is 3.72. The SMILES string of the molecule is O=C(NCC(c1ccc(F)cc1)N1CCOCC1)c1ccc(NC2CC2)c([N+](=O)[O-])c1. The van der Waals surface area contributed by atoms with Crippen molar-refractivity contribution in [3.05, 3.63) is 69.5 Å². The lowest BCUT2D eigenvalue weighted by Crippen LogP contribution is -2.43. The minimum absolute atomic E-state index is 0.109. The normalized spacial score (nSPS) is 17.7. The number of hydrogen-bond donors (Lipinski definition) is 2. The second-order valence-electron chi connectivity index (χ2n) is 7.83. The number of halogens is 1. The molecule has 164 valence electrons. The average molecular weight is 428 g/mol. The Labute approximate surface area is 179 Å². The van der Waals surface area contributed by atoms with Gasteiger partial charge in [-0.15, -0.1) is 0 Å². The maximum Gasteiger partial charge on any atom is 0.293 e. The monoisotopic (exact) mass is 428 g/mol. The van der Waals surface area contributed by atoms with Gasteiger partial charge in [-0.3, -0.25) is 19.8 Å². The van der Waals surface area contributed by atoms with Gasteiger partial charge in [0.15, 0.2) is 0 Å². The van der Waals surface area contributed by atoms with Crippen molar-refractivity contribution in [2.75, 3.05) is 38.2 Å². The highest BCUT2D eigenvalue weighted by molar-refractivity contribution is 5.95. The minimum atomic E-state index is -0.476. The zero-order chi connectivity index (χ0) is 21.8. The highest BCUT2D eigenvalue weighted by Crippen LogP contribution is 2.31. The number of nitro benzene ring substituents is 1. The number of morpholine rings is 1. The lowest BCUT2D eigenvalue weighted by Gasteiger charge is -2.35. The van der Waals surface area contributed by atoms with Gasteiger partial charge >= 0.3 is 0 Å². The van der Waals surface area contributed by atoms with E-state index in [9.17, 15) is 19.3 Å². The second kappa shape index (κ2) is 9.40. The van der Waals surface area contributed by atoms with Crippen molar-refractivity contribution < 1.29 is 18.8 Å². The third-order valence-corrected chi connectivity index (χ3v) is 5.59. The lowest BCUT2D eigenvalue weighted by molar-refractivity contribution is -0.384. The van der Waals surface area contributed by atoms with Crippen LogP contribution in [0.1, 0.15) is 34.8 Å². The predicted molar refractivity (Wildman–Crippen MR) is 114 cm³/mol. The molecule has 1 aliphatic heterocycles. The summed E-state index contributed by atoms with van der Waals surface area (Å²) in [6.07, 6.45) is 1.98. The smallest absolute Gasteiger partial charge is 0.293 e. The largest absolute Gasteiger partial charge is 0.379 e. The Morgan fingerprint density at radius 3 is 2.55 bits per heavy atom. The number of carbonyl (C=O) groups excluding carboxylic acids is 1. The van der Waals surface area contributed by atoms with E-state index in [1.165, 1.54) is 18.2 Å². The van der Waals surface area contributed by atoms with E-state index in [0.29, 0.717) is 38.5 Å². The first-order valence-corrected chi connectivity index (χ1v) is 10.4. The van der Waals surface area contributed by atoms with Gasteiger partial charge in [0.2, 0.25) is 0 Å². The van der Waals surface area contributed by atoms with E-state index in [-0.39, 0.29) is 35.1 Å². The summed E-state index contributed by atoms with van der Waals surface area (Å²) >= 11 is 0. The Kier molecular flexibility index (Phi) is 6.43. The second-order valence-corrected chi connectivity index (χ2v) is 7.83. The average Bonchev–Trinajstić information content (AvgIpc) is 3.60. The van der Waals surface area contributed by atoms with Gasteiger partial charge in [0.1, 0.15) is 11.5 Å². The minimum Gasteiger partial charge on any atom is -0.379 e. The zero-order valence-electron chi connectivity index (χ0n) is 17.1. The molecule has 31 heavy (non-hydrogen) atoms. The first-order valence-electron chi connectivity index (χ1n) is 10.4. The quantitative estimate of drug-likeness (QED) is 0.495. The number of carbonyl (C=O) groups is 1. The molecule has 9 heteroatoms. The van der Waals surface area contributed by atoms with Gasteiger partial charge in [0, 0.05) is 37.3 Å². The van der Waals surface area contributed by atoms with Crippen LogP contribution in [0.2, 0.25) is 0 Å². The van der Waals surface area contributed by atoms with Gasteiger partial charge in [-0.25, -0.2) is 4.39 Å². The van der Waals surface area contributed by atoms with Gasteiger partial charge < -0.3 is 15.4 Å². The van der Waals surface area contributed by atoms with Crippen LogP contribution in [0.25, 0.3) is 0 Å². The molecule has 0 spiro atoms. The van der Waals surface area contributed by atoms with Crippen LogP contribution in [0.3, 0.4) is 0 Å². The Balaban J connectivity index is 1.48. The molecule has 2 N–H and O–H groups in total. The van der Waals surface area contributed by atoms with E-state index >= 15 is 0 Å². The maximum absolute atomic E-state index is 13.4. The molecule has 0 bridgehead atoms. The van der Waals surface area contributed by atoms with E-state index in [0.717, 1.165) is 18.4 Å². The van der Waals surface area contributed by atoms with Crippen LogP contribution in [0.5, 0.6) is 0 Å². The summed E-state index contributed by atoms with van der Waals surface area (Å²) in [5, 5.41) is 17.5. The number of amides is 1. The van der Waals surface area contributed by atoms with Gasteiger partial charge in [-0.05, 0) is 42.7 Å². The van der Waals surface area contributed by atoms with E-state index in [1.807, 2.05) is 0 Å². The summed E-state index contributed by atoms with van der Waals surface area (Å²) in [6, 6.07) is 10.8. The zero-order valence-corrected chi connectivity index (χ0v) is 17.1. The summed E-state index contributed by atoms with van der Waals surface area (Å²) in [4.78, 5) is 26.0. The molecule has 1 unspecified atom stereocenters. The van der Waals surface area contributed by atoms with Crippen molar-refractivity contribution in [2.24, 2.45) is 0 Å². The van der Waals surface area contributed by atoms with Crippen molar-refractivity contribution in [2.45, 2.75) is 24.9 Å². The number of hydrogen-bond acceptors (Lipinski definition) is 6. The molecule has 4 rings (SSSR count). The molecule has 8 nitrogen and oxygen atoms in total. The highest BCUT2D eigenvalue weighted by atomic mass is 19.1. The van der Waals surface area contributed by atoms with Gasteiger partial charge in [-0.1, -0.05) is 12.1 Å². The standard InChI is InChI=1S/C22H25FN4O4/c23-17-4-1-15(2-5-17)21(26-9-11-31-12-10-26)14-24-22(28)16-3-8-19(25-18-6-7-18)20(13-16)27(29)30/h1-5,8,13,18,21,25H,6-7,9-12,14H2,(H,24,28). The molecule has 2 aromatic carbocycles. The molecular formula is C22H25FN4O4. The lowest BCUT2D eigenvalue weighted by atomic mass is 10.0. The molecule has 1 saturated heterocycles. The van der Waals surface area contributed by atoms with Crippen molar-refractivity contribution in [1.82, 2.24) is 10.2 Å². The molecule has 0 radical (unpaired) electrons. The first kappa shape index (κ1) is 21.2. The Hall–Kier alpha value is -3.04. The summed E-state index contributed by atoms with van der Waals surface area (Å²) in [5.74, 6) is -0.706. The van der Waals surface area contributed by atoms with Crippen molar-refractivity contribution in [3.8, 4) is 0 Å². The van der Waals surface area contributed by atoms with Crippen LogP contribution in [-0.4, -0.2) is 54.6 Å². The number of nitro groups is 1. The van der Waals surface area contributed by atoms with Crippen LogP contribution in [0, 0.1) is 15.9 Å². The molecule has 2 fully saturated rings. The molecule has 1 amide bonds. The molecule has 1 saturated carbocycles. The number of nitrogens with zero attached hydrogens (tertiary/aromatic N) is 2. The van der Waals surface area contributed by atoms with Crippen molar-refractivity contribution >= 4 is 17.3 Å². The predicted octanol–water partition coefficient (Wildman–Crippen LogP) is 3.11. The van der Waals surface area contributed by atoms with E-state index in [2.05, 4.69) is 15.5 Å². The Bertz CT molecular complexity index is 943. The van der Waals surface area contributed by atoms with Crippen molar-refractivity contribution in [3.63, 3.8) is 0 Å². The summed E-state index contributed by atoms with van der Waals surface area (Å²) in [6.45, 7) is 2.87. The third-order valence-electron chi connectivity index (χ3n) is 5.59. The number of nitrogens with one attached hydrogen (secondary N) is 2. The van der Waals surface area contributed by atoms with Gasteiger partial charge in [0.25, 0.3) is 11.6 Å². The third kappa shape index (κ3) is 5.36. The summed E-state index contributed by atoms with van der Waals surface area (Å²) in [5.41, 5.74) is 1.44.